The fourth-order valence-electron chi connectivity index (χ4n) is 3.43. The van der Waals surface area contributed by atoms with Gasteiger partial charge in [0.05, 0.1) is 7.11 Å². The van der Waals surface area contributed by atoms with E-state index in [4.69, 9.17) is 9.47 Å². The standard InChI is InChI=1S/C25H20F2O2/c1-28-19-11-9-18(10-12-19)24-22(15-16-23(26)25(24)27)17-7-13-21(14-8-17)29-20-5-3-2-4-6-20/h2-14H,15-16H2,1H3. The summed E-state index contributed by atoms with van der Waals surface area (Å²) in [6.07, 6.45) is 0.489. The van der Waals surface area contributed by atoms with Crippen molar-refractivity contribution in [2.75, 3.05) is 7.11 Å². The van der Waals surface area contributed by atoms with Gasteiger partial charge in [-0.05, 0) is 59.5 Å². The smallest absolute Gasteiger partial charge is 0.162 e. The van der Waals surface area contributed by atoms with Crippen LogP contribution in [0.2, 0.25) is 0 Å². The lowest BCUT2D eigenvalue weighted by atomic mass is 9.86. The molecule has 0 fully saturated rings. The summed E-state index contributed by atoms with van der Waals surface area (Å²) in [7, 11) is 1.57. The maximum atomic E-state index is 14.8. The van der Waals surface area contributed by atoms with Crippen LogP contribution in [0.3, 0.4) is 0 Å². The number of allylic oxidation sites excluding steroid dienone is 4. The van der Waals surface area contributed by atoms with Crippen LogP contribution in [-0.2, 0) is 0 Å². The van der Waals surface area contributed by atoms with Crippen LogP contribution in [0.15, 0.2) is 90.5 Å². The minimum absolute atomic E-state index is 0.0586. The minimum atomic E-state index is -0.791. The first-order chi connectivity index (χ1) is 14.2. The first-order valence-electron chi connectivity index (χ1n) is 9.41. The van der Waals surface area contributed by atoms with E-state index in [-0.39, 0.29) is 6.42 Å². The van der Waals surface area contributed by atoms with Crippen LogP contribution in [0.25, 0.3) is 11.1 Å². The second-order valence-electron chi connectivity index (χ2n) is 6.74. The molecule has 0 N–H and O–H groups in total. The van der Waals surface area contributed by atoms with Crippen LogP contribution >= 0.6 is 0 Å². The molecule has 1 aliphatic carbocycles. The van der Waals surface area contributed by atoms with E-state index in [1.807, 2.05) is 54.6 Å². The van der Waals surface area contributed by atoms with E-state index >= 15 is 0 Å². The number of benzene rings is 3. The predicted octanol–water partition coefficient (Wildman–Crippen LogP) is 7.34. The molecule has 1 aliphatic rings. The molecule has 0 saturated heterocycles. The lowest BCUT2D eigenvalue weighted by molar-refractivity contribution is 0.415. The highest BCUT2D eigenvalue weighted by molar-refractivity contribution is 5.98. The van der Waals surface area contributed by atoms with E-state index in [1.165, 1.54) is 0 Å². The van der Waals surface area contributed by atoms with Gasteiger partial charge in [0.15, 0.2) is 5.83 Å². The van der Waals surface area contributed by atoms with Gasteiger partial charge < -0.3 is 9.47 Å². The average Bonchev–Trinajstić information content (AvgIpc) is 2.77. The van der Waals surface area contributed by atoms with E-state index in [2.05, 4.69) is 0 Å². The number of methoxy groups -OCH3 is 1. The van der Waals surface area contributed by atoms with Gasteiger partial charge in [-0.15, -0.1) is 0 Å². The molecule has 0 heterocycles. The summed E-state index contributed by atoms with van der Waals surface area (Å²) in [6, 6.07) is 23.9. The molecule has 0 amide bonds. The molecule has 4 rings (SSSR count). The number of rotatable bonds is 5. The third-order valence-corrected chi connectivity index (χ3v) is 4.91. The topological polar surface area (TPSA) is 18.5 Å². The Morgan fingerprint density at radius 3 is 1.90 bits per heavy atom. The molecule has 0 aliphatic heterocycles. The van der Waals surface area contributed by atoms with E-state index in [9.17, 15) is 8.78 Å². The van der Waals surface area contributed by atoms with Crippen molar-refractivity contribution in [3.63, 3.8) is 0 Å². The lowest BCUT2D eigenvalue weighted by Crippen LogP contribution is -2.01. The molecule has 0 aromatic heterocycles. The molecule has 0 radical (unpaired) electrons. The predicted molar refractivity (Wildman–Crippen MR) is 111 cm³/mol. The van der Waals surface area contributed by atoms with Crippen molar-refractivity contribution in [3.05, 3.63) is 102 Å². The molecule has 2 nitrogen and oxygen atoms in total. The Balaban J connectivity index is 1.70. The first-order valence-corrected chi connectivity index (χ1v) is 9.41. The fourth-order valence-corrected chi connectivity index (χ4v) is 3.43. The lowest BCUT2D eigenvalue weighted by Gasteiger charge is -2.20. The van der Waals surface area contributed by atoms with Gasteiger partial charge in [0.1, 0.15) is 23.1 Å². The zero-order valence-electron chi connectivity index (χ0n) is 16.0. The van der Waals surface area contributed by atoms with E-state index in [0.717, 1.165) is 16.9 Å². The summed E-state index contributed by atoms with van der Waals surface area (Å²) in [5.41, 5.74) is 2.55. The van der Waals surface area contributed by atoms with Gasteiger partial charge >= 0.3 is 0 Å². The van der Waals surface area contributed by atoms with Gasteiger partial charge in [0.25, 0.3) is 0 Å². The monoisotopic (exact) mass is 390 g/mol. The maximum absolute atomic E-state index is 14.8. The summed E-state index contributed by atoms with van der Waals surface area (Å²) in [6.45, 7) is 0. The van der Waals surface area contributed by atoms with Crippen LogP contribution in [0, 0.1) is 0 Å². The molecule has 4 heteroatoms. The normalized spacial score (nSPS) is 14.2. The zero-order chi connectivity index (χ0) is 20.2. The molecule has 0 saturated carbocycles. The number of halogens is 2. The summed E-state index contributed by atoms with van der Waals surface area (Å²) in [4.78, 5) is 0. The van der Waals surface area contributed by atoms with Crippen LogP contribution in [0.5, 0.6) is 17.2 Å². The molecule has 0 unspecified atom stereocenters. The third kappa shape index (κ3) is 4.06. The summed E-state index contributed by atoms with van der Waals surface area (Å²) in [5, 5.41) is 0. The van der Waals surface area contributed by atoms with E-state index in [1.54, 1.807) is 31.4 Å². The molecular formula is C25H20F2O2. The quantitative estimate of drug-likeness (QED) is 0.454. The van der Waals surface area contributed by atoms with Gasteiger partial charge in [0.2, 0.25) is 0 Å². The van der Waals surface area contributed by atoms with Crippen molar-refractivity contribution in [3.8, 4) is 17.2 Å². The second kappa shape index (κ2) is 8.31. The summed E-state index contributed by atoms with van der Waals surface area (Å²) < 4.78 is 39.9. The van der Waals surface area contributed by atoms with Crippen molar-refractivity contribution >= 4 is 11.1 Å². The Morgan fingerprint density at radius 1 is 0.655 bits per heavy atom. The minimum Gasteiger partial charge on any atom is -0.497 e. The Bertz CT molecular complexity index is 1050. The van der Waals surface area contributed by atoms with Crippen molar-refractivity contribution in [2.24, 2.45) is 0 Å². The number of hydrogen-bond donors (Lipinski definition) is 0. The van der Waals surface area contributed by atoms with Crippen LogP contribution < -0.4 is 9.47 Å². The largest absolute Gasteiger partial charge is 0.497 e. The molecular weight excluding hydrogens is 370 g/mol. The molecule has 0 bridgehead atoms. The third-order valence-electron chi connectivity index (χ3n) is 4.91. The van der Waals surface area contributed by atoms with Gasteiger partial charge in [-0.3, -0.25) is 0 Å². The number of hydrogen-bond acceptors (Lipinski definition) is 2. The van der Waals surface area contributed by atoms with Gasteiger partial charge in [-0.25, -0.2) is 8.78 Å². The molecule has 3 aromatic rings. The molecule has 146 valence electrons. The van der Waals surface area contributed by atoms with E-state index < -0.39 is 11.7 Å². The molecule has 0 atom stereocenters. The first kappa shape index (κ1) is 18.9. The van der Waals surface area contributed by atoms with Gasteiger partial charge in [-0.2, -0.15) is 0 Å². The van der Waals surface area contributed by atoms with Crippen LogP contribution in [-0.4, -0.2) is 7.11 Å². The molecule has 0 spiro atoms. The SMILES string of the molecule is COc1ccc(C2=C(c3ccc(Oc4ccccc4)cc3)CCC(F)=C2F)cc1. The van der Waals surface area contributed by atoms with Crippen molar-refractivity contribution in [2.45, 2.75) is 12.8 Å². The summed E-state index contributed by atoms with van der Waals surface area (Å²) >= 11 is 0. The Hall–Kier alpha value is -3.40. The van der Waals surface area contributed by atoms with Crippen molar-refractivity contribution < 1.29 is 18.3 Å². The van der Waals surface area contributed by atoms with Crippen LogP contribution in [0.1, 0.15) is 24.0 Å². The Kier molecular flexibility index (Phi) is 5.43. The van der Waals surface area contributed by atoms with Crippen molar-refractivity contribution in [1.29, 1.82) is 0 Å². The Labute approximate surface area is 168 Å². The molecule has 29 heavy (non-hydrogen) atoms. The summed E-state index contributed by atoms with van der Waals surface area (Å²) in [5.74, 6) is 0.597. The van der Waals surface area contributed by atoms with Gasteiger partial charge in [-0.1, -0.05) is 42.5 Å². The average molecular weight is 390 g/mol. The fraction of sp³-hybridized carbons (Fsp3) is 0.120. The molecule has 3 aromatic carbocycles. The number of para-hydroxylation sites is 1. The Morgan fingerprint density at radius 2 is 1.24 bits per heavy atom. The zero-order valence-corrected chi connectivity index (χ0v) is 16.0. The highest BCUT2D eigenvalue weighted by Gasteiger charge is 2.24. The van der Waals surface area contributed by atoms with Crippen molar-refractivity contribution in [1.82, 2.24) is 0 Å². The highest BCUT2D eigenvalue weighted by atomic mass is 19.2. The van der Waals surface area contributed by atoms with Crippen LogP contribution in [0.4, 0.5) is 8.78 Å². The van der Waals surface area contributed by atoms with Gasteiger partial charge in [0, 0.05) is 12.0 Å². The van der Waals surface area contributed by atoms with E-state index in [0.29, 0.717) is 29.1 Å². The highest BCUT2D eigenvalue weighted by Crippen LogP contribution is 2.43. The number of ether oxygens (including phenoxy) is 2. The second-order valence-corrected chi connectivity index (χ2v) is 6.74. The maximum Gasteiger partial charge on any atom is 0.162 e.